The second kappa shape index (κ2) is 4.02. The molecule has 0 fully saturated rings. The van der Waals surface area contributed by atoms with Crippen molar-refractivity contribution in [2.45, 2.75) is 13.3 Å². The SMILES string of the molecule is Cc1nnsc1CCOC=O. The summed E-state index contributed by atoms with van der Waals surface area (Å²) in [5.41, 5.74) is 0.921. The molecule has 1 rings (SSSR count). The highest BCUT2D eigenvalue weighted by molar-refractivity contribution is 7.05. The van der Waals surface area contributed by atoms with E-state index in [1.54, 1.807) is 0 Å². The van der Waals surface area contributed by atoms with Gasteiger partial charge in [0.05, 0.1) is 17.2 Å². The molecule has 0 aliphatic heterocycles. The van der Waals surface area contributed by atoms with Gasteiger partial charge in [-0.25, -0.2) is 0 Å². The minimum atomic E-state index is 0.411. The fourth-order valence-electron chi connectivity index (χ4n) is 0.679. The lowest BCUT2D eigenvalue weighted by Gasteiger charge is -1.94. The molecular weight excluding hydrogens is 164 g/mol. The Morgan fingerprint density at radius 2 is 2.55 bits per heavy atom. The van der Waals surface area contributed by atoms with Gasteiger partial charge in [0.1, 0.15) is 0 Å². The van der Waals surface area contributed by atoms with Crippen LogP contribution in [0.3, 0.4) is 0 Å². The van der Waals surface area contributed by atoms with Gasteiger partial charge in [-0.1, -0.05) is 4.49 Å². The Hall–Kier alpha value is -0.970. The van der Waals surface area contributed by atoms with E-state index in [2.05, 4.69) is 14.3 Å². The summed E-state index contributed by atoms with van der Waals surface area (Å²) >= 11 is 1.34. The standard InChI is InChI=1S/C6H8N2O2S/c1-5-6(11-8-7-5)2-3-10-4-9/h4H,2-3H2,1H3. The van der Waals surface area contributed by atoms with E-state index in [0.29, 0.717) is 19.5 Å². The summed E-state index contributed by atoms with van der Waals surface area (Å²) in [4.78, 5) is 10.8. The maximum absolute atomic E-state index is 9.77. The van der Waals surface area contributed by atoms with Crippen LogP contribution in [0.4, 0.5) is 0 Å². The molecule has 11 heavy (non-hydrogen) atoms. The minimum Gasteiger partial charge on any atom is -0.468 e. The van der Waals surface area contributed by atoms with Crippen LogP contribution in [0, 0.1) is 6.92 Å². The van der Waals surface area contributed by atoms with Crippen LogP contribution >= 0.6 is 11.5 Å². The van der Waals surface area contributed by atoms with Crippen LogP contribution in [0.5, 0.6) is 0 Å². The molecule has 0 aromatic carbocycles. The molecule has 0 N–H and O–H groups in total. The molecule has 0 saturated carbocycles. The molecule has 0 saturated heterocycles. The molecule has 0 unspecified atom stereocenters. The third-order valence-electron chi connectivity index (χ3n) is 1.26. The zero-order valence-electron chi connectivity index (χ0n) is 6.11. The average molecular weight is 172 g/mol. The molecule has 1 aromatic heterocycles. The van der Waals surface area contributed by atoms with Crippen molar-refractivity contribution in [2.75, 3.05) is 6.61 Å². The largest absolute Gasteiger partial charge is 0.468 e. The number of aromatic nitrogens is 2. The smallest absolute Gasteiger partial charge is 0.293 e. The normalized spacial score (nSPS) is 9.55. The first-order valence-electron chi connectivity index (χ1n) is 3.17. The van der Waals surface area contributed by atoms with Crippen molar-refractivity contribution in [1.29, 1.82) is 0 Å². The fourth-order valence-corrected chi connectivity index (χ4v) is 1.29. The maximum atomic E-state index is 9.77. The Bertz CT molecular complexity index is 236. The number of hydrogen-bond acceptors (Lipinski definition) is 5. The van der Waals surface area contributed by atoms with E-state index in [0.717, 1.165) is 10.6 Å². The predicted molar refractivity (Wildman–Crippen MR) is 40.4 cm³/mol. The summed E-state index contributed by atoms with van der Waals surface area (Å²) in [6.45, 7) is 2.75. The Balaban J connectivity index is 2.38. The first-order valence-corrected chi connectivity index (χ1v) is 3.95. The summed E-state index contributed by atoms with van der Waals surface area (Å²) < 4.78 is 8.28. The molecule has 4 nitrogen and oxygen atoms in total. The van der Waals surface area contributed by atoms with Crippen molar-refractivity contribution in [1.82, 2.24) is 9.59 Å². The van der Waals surface area contributed by atoms with Crippen LogP contribution in [-0.2, 0) is 16.0 Å². The summed E-state index contributed by atoms with van der Waals surface area (Å²) in [5.74, 6) is 0. The molecule has 0 spiro atoms. The van der Waals surface area contributed by atoms with Crippen molar-refractivity contribution in [3.05, 3.63) is 10.6 Å². The molecule has 0 radical (unpaired) electrons. The van der Waals surface area contributed by atoms with Crippen LogP contribution < -0.4 is 0 Å². The van der Waals surface area contributed by atoms with Gasteiger partial charge in [-0.2, -0.15) is 0 Å². The summed E-state index contributed by atoms with van der Waals surface area (Å²) in [6.07, 6.45) is 0.711. The van der Waals surface area contributed by atoms with Crippen molar-refractivity contribution in [3.63, 3.8) is 0 Å². The lowest BCUT2D eigenvalue weighted by molar-refractivity contribution is -0.128. The molecule has 0 amide bonds. The van der Waals surface area contributed by atoms with Gasteiger partial charge in [0.15, 0.2) is 0 Å². The molecular formula is C6H8N2O2S. The van der Waals surface area contributed by atoms with E-state index < -0.39 is 0 Å². The van der Waals surface area contributed by atoms with E-state index in [4.69, 9.17) is 0 Å². The van der Waals surface area contributed by atoms with Gasteiger partial charge < -0.3 is 4.74 Å². The van der Waals surface area contributed by atoms with Crippen LogP contribution in [0.25, 0.3) is 0 Å². The minimum absolute atomic E-state index is 0.411. The van der Waals surface area contributed by atoms with Gasteiger partial charge in [0.2, 0.25) is 0 Å². The Morgan fingerprint density at radius 3 is 3.09 bits per heavy atom. The molecule has 60 valence electrons. The fraction of sp³-hybridized carbons (Fsp3) is 0.500. The molecule has 0 bridgehead atoms. The molecule has 0 atom stereocenters. The number of carbonyl (C=O) groups excluding carboxylic acids is 1. The van der Waals surface area contributed by atoms with Gasteiger partial charge in [-0.3, -0.25) is 4.79 Å². The first-order chi connectivity index (χ1) is 5.34. The highest BCUT2D eigenvalue weighted by Crippen LogP contribution is 2.09. The van der Waals surface area contributed by atoms with Gasteiger partial charge in [-0.15, -0.1) is 5.10 Å². The number of carbonyl (C=O) groups is 1. The Labute approximate surface area is 68.4 Å². The van der Waals surface area contributed by atoms with Crippen molar-refractivity contribution >= 4 is 18.0 Å². The number of hydrogen-bond donors (Lipinski definition) is 0. The van der Waals surface area contributed by atoms with E-state index >= 15 is 0 Å². The second-order valence-electron chi connectivity index (χ2n) is 2.00. The summed E-state index contributed by atoms with van der Waals surface area (Å²) in [7, 11) is 0. The van der Waals surface area contributed by atoms with Crippen molar-refractivity contribution in [2.24, 2.45) is 0 Å². The van der Waals surface area contributed by atoms with Crippen molar-refractivity contribution < 1.29 is 9.53 Å². The number of ether oxygens (including phenoxy) is 1. The molecule has 1 aromatic rings. The van der Waals surface area contributed by atoms with Gasteiger partial charge in [-0.05, 0) is 18.5 Å². The van der Waals surface area contributed by atoms with Gasteiger partial charge >= 0.3 is 0 Å². The van der Waals surface area contributed by atoms with E-state index in [1.165, 1.54) is 11.5 Å². The first kappa shape index (κ1) is 8.13. The Morgan fingerprint density at radius 1 is 1.73 bits per heavy atom. The third kappa shape index (κ3) is 2.27. The zero-order chi connectivity index (χ0) is 8.10. The molecule has 1 heterocycles. The quantitative estimate of drug-likeness (QED) is 0.492. The topological polar surface area (TPSA) is 52.1 Å². The van der Waals surface area contributed by atoms with E-state index in [1.807, 2.05) is 6.92 Å². The van der Waals surface area contributed by atoms with Crippen molar-refractivity contribution in [3.8, 4) is 0 Å². The lowest BCUT2D eigenvalue weighted by atomic mass is 10.3. The monoisotopic (exact) mass is 172 g/mol. The Kier molecular flexibility index (Phi) is 2.97. The number of nitrogens with zero attached hydrogens (tertiary/aromatic N) is 2. The van der Waals surface area contributed by atoms with Crippen LogP contribution in [0.2, 0.25) is 0 Å². The highest BCUT2D eigenvalue weighted by Gasteiger charge is 2.01. The average Bonchev–Trinajstić information content (AvgIpc) is 2.37. The highest BCUT2D eigenvalue weighted by atomic mass is 32.1. The number of rotatable bonds is 4. The van der Waals surface area contributed by atoms with Gasteiger partial charge in [0, 0.05) is 6.42 Å². The molecule has 0 aliphatic carbocycles. The third-order valence-corrected chi connectivity index (χ3v) is 2.14. The zero-order valence-corrected chi connectivity index (χ0v) is 6.93. The molecule has 0 aliphatic rings. The number of aryl methyl sites for hydroxylation is 1. The van der Waals surface area contributed by atoms with Crippen LogP contribution in [-0.4, -0.2) is 22.7 Å². The summed E-state index contributed by atoms with van der Waals surface area (Å²) in [6, 6.07) is 0. The van der Waals surface area contributed by atoms with Crippen LogP contribution in [0.1, 0.15) is 10.6 Å². The lowest BCUT2D eigenvalue weighted by Crippen LogP contribution is -1.95. The summed E-state index contributed by atoms with van der Waals surface area (Å²) in [5, 5.41) is 3.82. The van der Waals surface area contributed by atoms with Gasteiger partial charge in [0.25, 0.3) is 6.47 Å². The maximum Gasteiger partial charge on any atom is 0.293 e. The van der Waals surface area contributed by atoms with E-state index in [-0.39, 0.29) is 0 Å². The second-order valence-corrected chi connectivity index (χ2v) is 2.84. The van der Waals surface area contributed by atoms with E-state index in [9.17, 15) is 4.79 Å². The molecule has 5 heteroatoms. The predicted octanol–water partition coefficient (Wildman–Crippen LogP) is 0.562. The van der Waals surface area contributed by atoms with Crippen LogP contribution in [0.15, 0.2) is 0 Å².